The number of rotatable bonds is 0. The van der Waals surface area contributed by atoms with E-state index in [1.807, 2.05) is 0 Å². The molecule has 0 saturated carbocycles. The molecule has 1 unspecified atom stereocenters. The highest BCUT2D eigenvalue weighted by Crippen LogP contribution is 2.35. The van der Waals surface area contributed by atoms with Crippen molar-refractivity contribution < 1.29 is 0 Å². The molecule has 1 atom stereocenters. The van der Waals surface area contributed by atoms with Crippen molar-refractivity contribution in [3.05, 3.63) is 52.7 Å². The van der Waals surface area contributed by atoms with Crippen LogP contribution in [0, 0.1) is 0 Å². The predicted octanol–water partition coefficient (Wildman–Crippen LogP) is 0.966. The van der Waals surface area contributed by atoms with Crippen molar-refractivity contribution in [1.29, 1.82) is 0 Å². The maximum atomic E-state index is 2.42. The van der Waals surface area contributed by atoms with Crippen molar-refractivity contribution >= 4 is 37.3 Å². The van der Waals surface area contributed by atoms with E-state index in [9.17, 15) is 0 Å². The summed E-state index contributed by atoms with van der Waals surface area (Å²) in [6, 6.07) is 13.4. The summed E-state index contributed by atoms with van der Waals surface area (Å²) in [5.41, 5.74) is 3.76. The molecule has 0 bridgehead atoms. The Bertz CT molecular complexity index is 565. The van der Waals surface area contributed by atoms with Crippen LogP contribution < -0.4 is 0 Å². The fraction of sp³-hybridized carbons (Fsp3) is 0.0769. The molecule has 0 spiro atoms. The van der Waals surface area contributed by atoms with Gasteiger partial charge < -0.3 is 0 Å². The van der Waals surface area contributed by atoms with Gasteiger partial charge in [-0.15, -0.1) is 0 Å². The fourth-order valence-corrected chi connectivity index (χ4v) is 3.77. The number of hydrogen-bond acceptors (Lipinski definition) is 0. The zero-order valence-electron chi connectivity index (χ0n) is 9.12. The van der Waals surface area contributed by atoms with Gasteiger partial charge in [-0.2, -0.15) is 0 Å². The molecule has 1 aliphatic rings. The van der Waals surface area contributed by atoms with E-state index in [4.69, 9.17) is 0 Å². The van der Waals surface area contributed by atoms with Crippen LogP contribution in [0.4, 0.5) is 0 Å². The van der Waals surface area contributed by atoms with Gasteiger partial charge in [-0.3, -0.25) is 0 Å². The van der Waals surface area contributed by atoms with Crippen LogP contribution in [0.25, 0.3) is 16.8 Å². The SMILES string of the molecule is [SiH3]C1=Cc2cccc3cccc(c23)C1[SiH3]. The van der Waals surface area contributed by atoms with Crippen molar-refractivity contribution in [3.63, 3.8) is 0 Å². The van der Waals surface area contributed by atoms with Crippen molar-refractivity contribution in [2.45, 2.75) is 5.54 Å². The molecule has 0 nitrogen and oxygen atoms in total. The van der Waals surface area contributed by atoms with E-state index in [1.54, 1.807) is 10.8 Å². The summed E-state index contributed by atoms with van der Waals surface area (Å²) < 4.78 is 0. The fourth-order valence-electron chi connectivity index (χ4n) is 2.50. The monoisotopic (exact) mass is 226 g/mol. The summed E-state index contributed by atoms with van der Waals surface area (Å²) in [5, 5.41) is 4.56. The topological polar surface area (TPSA) is 0 Å². The van der Waals surface area contributed by atoms with Crippen LogP contribution in [-0.4, -0.2) is 20.5 Å². The molecule has 74 valence electrons. The minimum Gasteiger partial charge on any atom is -0.0875 e. The summed E-state index contributed by atoms with van der Waals surface area (Å²) in [6.07, 6.45) is 2.42. The highest BCUT2D eigenvalue weighted by molar-refractivity contribution is 6.33. The standard InChI is InChI=1S/C13H14Si2/c14-11-7-9-5-1-3-8-4-2-6-10(12(8)9)13(11)15/h1-7,13H,14-15H3. The second-order valence-electron chi connectivity index (χ2n) is 4.40. The van der Waals surface area contributed by atoms with Crippen LogP contribution in [0.1, 0.15) is 16.7 Å². The minimum atomic E-state index is 0.760. The van der Waals surface area contributed by atoms with E-state index in [1.165, 1.54) is 36.8 Å². The van der Waals surface area contributed by atoms with Gasteiger partial charge in [-0.05, 0) is 27.4 Å². The van der Waals surface area contributed by atoms with Gasteiger partial charge in [0.05, 0.1) is 0 Å². The Morgan fingerprint density at radius 1 is 1.00 bits per heavy atom. The summed E-state index contributed by atoms with van der Waals surface area (Å²) in [4.78, 5) is 0. The molecule has 0 amide bonds. The third kappa shape index (κ3) is 1.25. The molecule has 0 heterocycles. The lowest BCUT2D eigenvalue weighted by Crippen LogP contribution is -2.07. The summed E-state index contributed by atoms with van der Waals surface area (Å²) in [7, 11) is 2.44. The number of hydrogen-bond donors (Lipinski definition) is 0. The number of allylic oxidation sites excluding steroid dienone is 1. The van der Waals surface area contributed by atoms with E-state index >= 15 is 0 Å². The van der Waals surface area contributed by atoms with E-state index < -0.39 is 0 Å². The van der Waals surface area contributed by atoms with Gasteiger partial charge in [0.2, 0.25) is 0 Å². The van der Waals surface area contributed by atoms with Crippen molar-refractivity contribution in [2.24, 2.45) is 0 Å². The van der Waals surface area contributed by atoms with E-state index in [0.29, 0.717) is 0 Å². The van der Waals surface area contributed by atoms with Gasteiger partial charge in [0.1, 0.15) is 0 Å². The first-order valence-electron chi connectivity index (χ1n) is 5.47. The zero-order chi connectivity index (χ0) is 10.4. The van der Waals surface area contributed by atoms with Crippen LogP contribution in [0.3, 0.4) is 0 Å². The summed E-state index contributed by atoms with van der Waals surface area (Å²) in [6.45, 7) is 0. The molecule has 0 saturated heterocycles. The van der Waals surface area contributed by atoms with E-state index in [-0.39, 0.29) is 0 Å². The van der Waals surface area contributed by atoms with Crippen LogP contribution in [0.2, 0.25) is 0 Å². The van der Waals surface area contributed by atoms with Gasteiger partial charge in [0.15, 0.2) is 0 Å². The van der Waals surface area contributed by atoms with Gasteiger partial charge in [0, 0.05) is 20.5 Å². The highest BCUT2D eigenvalue weighted by atomic mass is 28.2. The maximum absolute atomic E-state index is 2.42. The molecule has 15 heavy (non-hydrogen) atoms. The van der Waals surface area contributed by atoms with Crippen molar-refractivity contribution in [3.8, 4) is 0 Å². The van der Waals surface area contributed by atoms with Gasteiger partial charge in [0.25, 0.3) is 0 Å². The van der Waals surface area contributed by atoms with Crippen LogP contribution in [-0.2, 0) is 0 Å². The van der Waals surface area contributed by atoms with E-state index in [0.717, 1.165) is 5.54 Å². The second kappa shape index (κ2) is 3.18. The Labute approximate surface area is 95.9 Å². The van der Waals surface area contributed by atoms with Crippen LogP contribution in [0.5, 0.6) is 0 Å². The Morgan fingerprint density at radius 3 is 2.53 bits per heavy atom. The smallest absolute Gasteiger partial charge is 0.0337 e. The lowest BCUT2D eigenvalue weighted by molar-refractivity contribution is 1.20. The average molecular weight is 226 g/mol. The Kier molecular flexibility index (Phi) is 1.94. The maximum Gasteiger partial charge on any atom is 0.0337 e. The van der Waals surface area contributed by atoms with E-state index in [2.05, 4.69) is 42.5 Å². The van der Waals surface area contributed by atoms with Crippen LogP contribution in [0.15, 0.2) is 41.6 Å². The molecule has 0 fully saturated rings. The summed E-state index contributed by atoms with van der Waals surface area (Å²) >= 11 is 0. The molecule has 0 aromatic heterocycles. The molecule has 2 aromatic carbocycles. The normalized spacial score (nSPS) is 19.5. The molecular weight excluding hydrogens is 212 g/mol. The first-order chi connectivity index (χ1) is 7.27. The lowest BCUT2D eigenvalue weighted by Gasteiger charge is -2.22. The molecule has 0 radical (unpaired) electrons. The molecular formula is C13H14Si2. The van der Waals surface area contributed by atoms with Crippen molar-refractivity contribution in [2.75, 3.05) is 0 Å². The Morgan fingerprint density at radius 2 is 1.73 bits per heavy atom. The minimum absolute atomic E-state index is 0.760. The van der Waals surface area contributed by atoms with Crippen LogP contribution >= 0.6 is 0 Å². The predicted molar refractivity (Wildman–Crippen MR) is 74.5 cm³/mol. The molecule has 3 rings (SSSR count). The molecule has 0 aliphatic heterocycles. The average Bonchev–Trinajstić information content (AvgIpc) is 2.26. The van der Waals surface area contributed by atoms with Gasteiger partial charge in [-0.25, -0.2) is 0 Å². The Hall–Kier alpha value is -1.13. The first kappa shape index (κ1) is 9.13. The third-order valence-electron chi connectivity index (χ3n) is 3.50. The molecule has 0 N–H and O–H groups in total. The number of benzene rings is 2. The molecule has 2 aromatic rings. The molecule has 2 heteroatoms. The third-order valence-corrected chi connectivity index (χ3v) is 7.34. The van der Waals surface area contributed by atoms with Gasteiger partial charge >= 0.3 is 0 Å². The van der Waals surface area contributed by atoms with Gasteiger partial charge in [-0.1, -0.05) is 47.7 Å². The van der Waals surface area contributed by atoms with Crippen molar-refractivity contribution in [1.82, 2.24) is 0 Å². The quantitative estimate of drug-likeness (QED) is 0.587. The zero-order valence-corrected chi connectivity index (χ0v) is 13.1. The summed E-state index contributed by atoms with van der Waals surface area (Å²) in [5.74, 6) is 0. The highest BCUT2D eigenvalue weighted by Gasteiger charge is 2.16. The Balaban J connectivity index is 2.49. The second-order valence-corrected chi connectivity index (χ2v) is 6.71. The first-order valence-corrected chi connectivity index (χ1v) is 7.62. The molecule has 1 aliphatic carbocycles. The lowest BCUT2D eigenvalue weighted by atomic mass is 9.92. The largest absolute Gasteiger partial charge is 0.0875 e.